The third-order valence-electron chi connectivity index (χ3n) is 3.02. The van der Waals surface area contributed by atoms with Gasteiger partial charge in [-0.15, -0.1) is 6.58 Å². The highest BCUT2D eigenvalue weighted by Gasteiger charge is 2.04. The first-order valence-electron chi connectivity index (χ1n) is 6.70. The van der Waals surface area contributed by atoms with Gasteiger partial charge in [0.2, 0.25) is 0 Å². The molecule has 2 nitrogen and oxygen atoms in total. The summed E-state index contributed by atoms with van der Waals surface area (Å²) in [5.74, 6) is 0.454. The van der Waals surface area contributed by atoms with E-state index in [4.69, 9.17) is 9.84 Å². The molecule has 1 N–H and O–H groups in total. The summed E-state index contributed by atoms with van der Waals surface area (Å²) in [5.41, 5.74) is 1.22. The predicted octanol–water partition coefficient (Wildman–Crippen LogP) is 3.41. The number of rotatable bonds is 9. The van der Waals surface area contributed by atoms with Crippen LogP contribution in [-0.2, 0) is 4.74 Å². The number of aliphatic hydroxyl groups is 1. The van der Waals surface area contributed by atoms with E-state index in [0.29, 0.717) is 12.5 Å². The molecule has 0 aromatic rings. The number of hydrogen-bond donors (Lipinski definition) is 1. The van der Waals surface area contributed by atoms with Gasteiger partial charge in [-0.25, -0.2) is 0 Å². The Kier molecular flexibility index (Phi) is 8.19. The first-order chi connectivity index (χ1) is 8.86. The minimum atomic E-state index is 0.259. The first kappa shape index (κ1) is 14.9. The lowest BCUT2D eigenvalue weighted by Crippen LogP contribution is -2.05. The van der Waals surface area contributed by atoms with Crippen molar-refractivity contribution in [2.24, 2.45) is 5.92 Å². The van der Waals surface area contributed by atoms with Crippen LogP contribution in [0.15, 0.2) is 48.6 Å². The molecule has 0 aliphatic heterocycles. The minimum absolute atomic E-state index is 0.259. The molecule has 1 atom stereocenters. The quantitative estimate of drug-likeness (QED) is 0.500. The SMILES string of the molecule is C=CC(CCCO)CCOCC1=CC=CCC=C1. The Morgan fingerprint density at radius 2 is 2.28 bits per heavy atom. The molecular formula is C16H24O2. The van der Waals surface area contributed by atoms with Crippen molar-refractivity contribution in [3.63, 3.8) is 0 Å². The molecular weight excluding hydrogens is 224 g/mol. The molecule has 0 amide bonds. The van der Waals surface area contributed by atoms with Gasteiger partial charge in [0, 0.05) is 13.2 Å². The third kappa shape index (κ3) is 6.58. The van der Waals surface area contributed by atoms with Crippen molar-refractivity contribution >= 4 is 0 Å². The highest BCUT2D eigenvalue weighted by Crippen LogP contribution is 2.13. The van der Waals surface area contributed by atoms with Gasteiger partial charge in [-0.1, -0.05) is 36.5 Å². The number of hydrogen-bond acceptors (Lipinski definition) is 2. The van der Waals surface area contributed by atoms with Gasteiger partial charge < -0.3 is 9.84 Å². The van der Waals surface area contributed by atoms with Crippen molar-refractivity contribution in [3.05, 3.63) is 48.6 Å². The normalized spacial score (nSPS) is 16.2. The van der Waals surface area contributed by atoms with Gasteiger partial charge in [0.25, 0.3) is 0 Å². The summed E-state index contributed by atoms with van der Waals surface area (Å²) in [7, 11) is 0. The van der Waals surface area contributed by atoms with E-state index in [9.17, 15) is 0 Å². The molecule has 2 heteroatoms. The van der Waals surface area contributed by atoms with Crippen molar-refractivity contribution in [2.45, 2.75) is 25.7 Å². The van der Waals surface area contributed by atoms with Gasteiger partial charge in [-0.3, -0.25) is 0 Å². The van der Waals surface area contributed by atoms with Crippen molar-refractivity contribution < 1.29 is 9.84 Å². The van der Waals surface area contributed by atoms with Gasteiger partial charge >= 0.3 is 0 Å². The molecule has 18 heavy (non-hydrogen) atoms. The summed E-state index contributed by atoms with van der Waals surface area (Å²) in [6, 6.07) is 0. The Labute approximate surface area is 110 Å². The van der Waals surface area contributed by atoms with Crippen molar-refractivity contribution in [3.8, 4) is 0 Å². The van der Waals surface area contributed by atoms with Crippen molar-refractivity contribution in [1.29, 1.82) is 0 Å². The zero-order valence-electron chi connectivity index (χ0n) is 11.1. The van der Waals surface area contributed by atoms with Gasteiger partial charge in [-0.05, 0) is 37.2 Å². The van der Waals surface area contributed by atoms with Crippen LogP contribution in [0.2, 0.25) is 0 Å². The van der Waals surface area contributed by atoms with Gasteiger partial charge in [0.1, 0.15) is 0 Å². The standard InChI is InChI=1S/C16H24O2/c1-2-15(10-7-12-17)11-13-18-14-16-8-5-3-4-6-9-16/h2-3,5-6,8-9,15,17H,1,4,7,10-14H2. The van der Waals surface area contributed by atoms with Crippen LogP contribution in [0.25, 0.3) is 0 Å². The second-order valence-corrected chi connectivity index (χ2v) is 4.51. The van der Waals surface area contributed by atoms with Crippen LogP contribution in [0, 0.1) is 5.92 Å². The zero-order chi connectivity index (χ0) is 13.1. The van der Waals surface area contributed by atoms with Crippen LogP contribution in [0.3, 0.4) is 0 Å². The van der Waals surface area contributed by atoms with Gasteiger partial charge in [0.15, 0.2) is 0 Å². The Morgan fingerprint density at radius 3 is 3.06 bits per heavy atom. The molecule has 0 spiro atoms. The molecule has 1 rings (SSSR count). The lowest BCUT2D eigenvalue weighted by molar-refractivity contribution is 0.144. The Balaban J connectivity index is 2.15. The van der Waals surface area contributed by atoms with E-state index in [-0.39, 0.29) is 6.61 Å². The highest BCUT2D eigenvalue weighted by molar-refractivity contribution is 5.27. The number of ether oxygens (including phenoxy) is 1. The van der Waals surface area contributed by atoms with Gasteiger partial charge in [0.05, 0.1) is 6.61 Å². The highest BCUT2D eigenvalue weighted by atomic mass is 16.5. The maximum absolute atomic E-state index is 8.79. The molecule has 0 saturated carbocycles. The summed E-state index contributed by atoms with van der Waals surface area (Å²) < 4.78 is 5.68. The first-order valence-corrected chi connectivity index (χ1v) is 6.70. The van der Waals surface area contributed by atoms with Crippen LogP contribution < -0.4 is 0 Å². The number of aliphatic hydroxyl groups excluding tert-OH is 1. The smallest absolute Gasteiger partial charge is 0.0716 e. The Hall–Kier alpha value is -1.12. The lowest BCUT2D eigenvalue weighted by Gasteiger charge is -2.12. The molecule has 0 bridgehead atoms. The predicted molar refractivity (Wildman–Crippen MR) is 76.4 cm³/mol. The fourth-order valence-electron chi connectivity index (χ4n) is 1.88. The van der Waals surface area contributed by atoms with E-state index in [2.05, 4.69) is 37.0 Å². The summed E-state index contributed by atoms with van der Waals surface area (Å²) in [4.78, 5) is 0. The molecule has 0 fully saturated rings. The topological polar surface area (TPSA) is 29.5 Å². The van der Waals surface area contributed by atoms with Crippen molar-refractivity contribution in [2.75, 3.05) is 19.8 Å². The maximum atomic E-state index is 8.79. The molecule has 100 valence electrons. The largest absolute Gasteiger partial charge is 0.396 e. The summed E-state index contributed by atoms with van der Waals surface area (Å²) in [6.45, 7) is 5.50. The van der Waals surface area contributed by atoms with E-state index >= 15 is 0 Å². The Bertz CT molecular complexity index is 313. The fourth-order valence-corrected chi connectivity index (χ4v) is 1.88. The molecule has 0 radical (unpaired) electrons. The van der Waals surface area contributed by atoms with E-state index in [1.54, 1.807) is 0 Å². The minimum Gasteiger partial charge on any atom is -0.396 e. The maximum Gasteiger partial charge on any atom is 0.0716 e. The van der Waals surface area contributed by atoms with Crippen LogP contribution in [0.1, 0.15) is 25.7 Å². The molecule has 0 aromatic carbocycles. The second-order valence-electron chi connectivity index (χ2n) is 4.51. The van der Waals surface area contributed by atoms with Crippen molar-refractivity contribution in [1.82, 2.24) is 0 Å². The number of allylic oxidation sites excluding steroid dienone is 5. The summed E-state index contributed by atoms with van der Waals surface area (Å²) in [5, 5.41) is 8.79. The van der Waals surface area contributed by atoms with Crippen LogP contribution in [-0.4, -0.2) is 24.9 Å². The van der Waals surface area contributed by atoms with E-state index < -0.39 is 0 Å². The average Bonchev–Trinajstić information content (AvgIpc) is 2.66. The molecule has 0 aromatic heterocycles. The molecule has 1 unspecified atom stereocenters. The molecule has 0 heterocycles. The average molecular weight is 248 g/mol. The third-order valence-corrected chi connectivity index (χ3v) is 3.02. The Morgan fingerprint density at radius 1 is 1.39 bits per heavy atom. The van der Waals surface area contributed by atoms with Gasteiger partial charge in [-0.2, -0.15) is 0 Å². The zero-order valence-corrected chi connectivity index (χ0v) is 11.1. The van der Waals surface area contributed by atoms with E-state index in [1.807, 2.05) is 6.08 Å². The van der Waals surface area contributed by atoms with E-state index in [0.717, 1.165) is 32.3 Å². The van der Waals surface area contributed by atoms with Crippen LogP contribution >= 0.6 is 0 Å². The van der Waals surface area contributed by atoms with Crippen LogP contribution in [0.4, 0.5) is 0 Å². The summed E-state index contributed by atoms with van der Waals surface area (Å²) >= 11 is 0. The second kappa shape index (κ2) is 9.86. The molecule has 0 saturated heterocycles. The molecule has 1 aliphatic rings. The van der Waals surface area contributed by atoms with E-state index in [1.165, 1.54) is 5.57 Å². The monoisotopic (exact) mass is 248 g/mol. The summed E-state index contributed by atoms with van der Waals surface area (Å²) in [6.07, 6.45) is 16.4. The fraction of sp³-hybridized carbons (Fsp3) is 0.500. The van der Waals surface area contributed by atoms with Crippen LogP contribution in [0.5, 0.6) is 0 Å². The lowest BCUT2D eigenvalue weighted by atomic mass is 10.0. The molecule has 1 aliphatic carbocycles.